The molecule has 2 atom stereocenters. The molecule has 0 spiro atoms. The lowest BCUT2D eigenvalue weighted by Gasteiger charge is -2.28. The zero-order chi connectivity index (χ0) is 29.0. The quantitative estimate of drug-likeness (QED) is 0.207. The van der Waals surface area contributed by atoms with E-state index in [1.807, 2.05) is 0 Å². The Kier molecular flexibility index (Phi) is 5.67. The number of allylic oxidation sites excluding steroid dienone is 2. The molecule has 0 fully saturated rings. The van der Waals surface area contributed by atoms with Crippen LogP contribution in [0.5, 0.6) is 0 Å². The minimum atomic E-state index is 0.291. The van der Waals surface area contributed by atoms with E-state index in [9.17, 15) is 0 Å². The minimum absolute atomic E-state index is 0.291. The molecular formula is C42H30N2. The summed E-state index contributed by atoms with van der Waals surface area (Å²) in [7, 11) is 0. The predicted octanol–water partition coefficient (Wildman–Crippen LogP) is 10.8. The molecule has 0 saturated carbocycles. The highest BCUT2D eigenvalue weighted by molar-refractivity contribution is 6.10. The maximum atomic E-state index is 2.49. The summed E-state index contributed by atoms with van der Waals surface area (Å²) in [5, 5.41) is 2.54. The van der Waals surface area contributed by atoms with Crippen LogP contribution < -0.4 is 4.90 Å². The molecule has 208 valence electrons. The molecule has 2 unspecified atom stereocenters. The minimum Gasteiger partial charge on any atom is -0.333 e. The van der Waals surface area contributed by atoms with E-state index >= 15 is 0 Å². The third-order valence-corrected chi connectivity index (χ3v) is 9.30. The normalized spacial score (nSPS) is 16.9. The molecular weight excluding hydrogens is 532 g/mol. The van der Waals surface area contributed by atoms with Crippen LogP contribution in [0.3, 0.4) is 0 Å². The summed E-state index contributed by atoms with van der Waals surface area (Å²) in [5.41, 5.74) is 12.5. The number of para-hydroxylation sites is 2. The SMILES string of the molecule is C1=CC2c3cc(-c4ccc5c(c4)c4ccccc4n5-c4cccc(-c5ccccc5)c4)ccc3N(c3ccccc3)C2C=C1. The number of hydrogen-bond donors (Lipinski definition) is 0. The average molecular weight is 563 g/mol. The molecule has 9 rings (SSSR count). The van der Waals surface area contributed by atoms with Crippen LogP contribution >= 0.6 is 0 Å². The predicted molar refractivity (Wildman–Crippen MR) is 185 cm³/mol. The molecule has 2 heteroatoms. The van der Waals surface area contributed by atoms with Crippen molar-refractivity contribution in [2.45, 2.75) is 12.0 Å². The van der Waals surface area contributed by atoms with E-state index < -0.39 is 0 Å². The zero-order valence-electron chi connectivity index (χ0n) is 24.2. The molecule has 0 N–H and O–H groups in total. The average Bonchev–Trinajstić information content (AvgIpc) is 3.61. The first-order valence-corrected chi connectivity index (χ1v) is 15.4. The van der Waals surface area contributed by atoms with Crippen molar-refractivity contribution in [3.05, 3.63) is 175 Å². The Balaban J connectivity index is 1.18. The van der Waals surface area contributed by atoms with Crippen molar-refractivity contribution >= 4 is 33.2 Å². The molecule has 0 amide bonds. The molecule has 6 aromatic carbocycles. The second-order valence-electron chi connectivity index (χ2n) is 11.8. The van der Waals surface area contributed by atoms with Crippen LogP contribution in [0.1, 0.15) is 11.5 Å². The smallest absolute Gasteiger partial charge is 0.0629 e. The maximum Gasteiger partial charge on any atom is 0.0629 e. The van der Waals surface area contributed by atoms with Crippen LogP contribution in [0, 0.1) is 0 Å². The summed E-state index contributed by atoms with van der Waals surface area (Å²) >= 11 is 0. The van der Waals surface area contributed by atoms with E-state index in [1.54, 1.807) is 0 Å². The third-order valence-electron chi connectivity index (χ3n) is 9.30. The lowest BCUT2D eigenvalue weighted by atomic mass is 9.89. The van der Waals surface area contributed by atoms with E-state index in [0.29, 0.717) is 12.0 Å². The van der Waals surface area contributed by atoms with Crippen molar-refractivity contribution in [1.29, 1.82) is 0 Å². The Bertz CT molecular complexity index is 2240. The van der Waals surface area contributed by atoms with Crippen molar-refractivity contribution in [3.8, 4) is 27.9 Å². The highest BCUT2D eigenvalue weighted by Gasteiger charge is 2.37. The van der Waals surface area contributed by atoms with E-state index in [4.69, 9.17) is 0 Å². The van der Waals surface area contributed by atoms with Gasteiger partial charge in [-0.1, -0.05) is 115 Å². The van der Waals surface area contributed by atoms with Gasteiger partial charge in [0.2, 0.25) is 0 Å². The molecule has 1 aliphatic carbocycles. The van der Waals surface area contributed by atoms with Crippen LogP contribution in [0.2, 0.25) is 0 Å². The Morgan fingerprint density at radius 2 is 1.09 bits per heavy atom. The Morgan fingerprint density at radius 1 is 0.432 bits per heavy atom. The van der Waals surface area contributed by atoms with Crippen LogP contribution in [0.4, 0.5) is 11.4 Å². The number of hydrogen-bond acceptors (Lipinski definition) is 1. The van der Waals surface area contributed by atoms with Crippen LogP contribution in [0.15, 0.2) is 170 Å². The number of nitrogens with zero attached hydrogens (tertiary/aromatic N) is 2. The zero-order valence-corrected chi connectivity index (χ0v) is 24.2. The monoisotopic (exact) mass is 562 g/mol. The van der Waals surface area contributed by atoms with Crippen molar-refractivity contribution in [3.63, 3.8) is 0 Å². The first-order chi connectivity index (χ1) is 21.8. The van der Waals surface area contributed by atoms with Gasteiger partial charge in [-0.25, -0.2) is 0 Å². The number of anilines is 2. The summed E-state index contributed by atoms with van der Waals surface area (Å²) in [4.78, 5) is 2.49. The van der Waals surface area contributed by atoms with Crippen LogP contribution in [-0.2, 0) is 0 Å². The van der Waals surface area contributed by atoms with E-state index in [-0.39, 0.29) is 0 Å². The molecule has 1 aliphatic heterocycles. The van der Waals surface area contributed by atoms with Crippen molar-refractivity contribution in [2.24, 2.45) is 0 Å². The second kappa shape index (κ2) is 10.00. The number of benzene rings is 6. The summed E-state index contributed by atoms with van der Waals surface area (Å²) in [6, 6.07) is 53.3. The summed E-state index contributed by atoms with van der Waals surface area (Å²) < 4.78 is 2.41. The second-order valence-corrected chi connectivity index (χ2v) is 11.8. The molecule has 0 bridgehead atoms. The van der Waals surface area contributed by atoms with Gasteiger partial charge >= 0.3 is 0 Å². The fraction of sp³-hybridized carbons (Fsp3) is 0.0476. The van der Waals surface area contributed by atoms with E-state index in [2.05, 4.69) is 179 Å². The Labute approximate surface area is 257 Å². The largest absolute Gasteiger partial charge is 0.333 e. The van der Waals surface area contributed by atoms with Gasteiger partial charge in [0.05, 0.1) is 17.1 Å². The first kappa shape index (κ1) is 24.9. The number of fused-ring (bicyclic) bond motifs is 6. The topological polar surface area (TPSA) is 8.17 Å². The van der Waals surface area contributed by atoms with Gasteiger partial charge in [-0.2, -0.15) is 0 Å². The van der Waals surface area contributed by atoms with Gasteiger partial charge in [-0.05, 0) is 82.4 Å². The maximum absolute atomic E-state index is 2.49. The van der Waals surface area contributed by atoms with E-state index in [1.165, 1.54) is 66.7 Å². The molecule has 0 saturated heterocycles. The van der Waals surface area contributed by atoms with Crippen LogP contribution in [-0.4, -0.2) is 10.6 Å². The highest BCUT2D eigenvalue weighted by Crippen LogP contribution is 2.49. The molecule has 2 nitrogen and oxygen atoms in total. The standard InChI is InChI=1S/C42H30N2/c1-3-12-29(13-4-1)30-14-11-17-34(26-30)44-40-21-10-8-19-36(40)38-28-32(23-25-42(38)44)31-22-24-41-37(27-31)35-18-7-9-20-39(35)43(41)33-15-5-2-6-16-33/h1-28,35,39H. The van der Waals surface area contributed by atoms with Crippen LogP contribution in [0.25, 0.3) is 49.7 Å². The number of rotatable bonds is 4. The summed E-state index contributed by atoms with van der Waals surface area (Å²) in [6.45, 7) is 0. The third kappa shape index (κ3) is 3.88. The van der Waals surface area contributed by atoms with Gasteiger partial charge in [0, 0.05) is 33.8 Å². The number of aromatic nitrogens is 1. The first-order valence-electron chi connectivity index (χ1n) is 15.4. The molecule has 2 heterocycles. The van der Waals surface area contributed by atoms with Gasteiger partial charge in [0.15, 0.2) is 0 Å². The summed E-state index contributed by atoms with van der Waals surface area (Å²) in [6.07, 6.45) is 9.07. The molecule has 0 radical (unpaired) electrons. The van der Waals surface area contributed by atoms with Gasteiger partial charge in [-0.3, -0.25) is 0 Å². The van der Waals surface area contributed by atoms with Gasteiger partial charge in [-0.15, -0.1) is 0 Å². The van der Waals surface area contributed by atoms with E-state index in [0.717, 1.165) is 0 Å². The van der Waals surface area contributed by atoms with Gasteiger partial charge < -0.3 is 9.47 Å². The van der Waals surface area contributed by atoms with Gasteiger partial charge in [0.25, 0.3) is 0 Å². The molecule has 1 aromatic heterocycles. The van der Waals surface area contributed by atoms with Gasteiger partial charge in [0.1, 0.15) is 0 Å². The highest BCUT2D eigenvalue weighted by atomic mass is 15.2. The molecule has 44 heavy (non-hydrogen) atoms. The van der Waals surface area contributed by atoms with Crippen molar-refractivity contribution < 1.29 is 0 Å². The summed E-state index contributed by atoms with van der Waals surface area (Å²) in [5.74, 6) is 0.331. The lowest BCUT2D eigenvalue weighted by Crippen LogP contribution is -2.28. The fourth-order valence-corrected chi connectivity index (χ4v) is 7.30. The lowest BCUT2D eigenvalue weighted by molar-refractivity contribution is 0.745. The van der Waals surface area contributed by atoms with Crippen molar-refractivity contribution in [2.75, 3.05) is 4.90 Å². The fourth-order valence-electron chi connectivity index (χ4n) is 7.30. The molecule has 2 aliphatic rings. The van der Waals surface area contributed by atoms with Crippen molar-refractivity contribution in [1.82, 2.24) is 4.57 Å². The molecule has 7 aromatic rings. The Hall–Kier alpha value is -5.60. The Morgan fingerprint density at radius 3 is 1.98 bits per heavy atom.